The number of alkyl halides is 3. The maximum atomic E-state index is 12.8. The Kier molecular flexibility index (Phi) is 5.47. The highest BCUT2D eigenvalue weighted by Crippen LogP contribution is 2.39. The minimum Gasteiger partial charge on any atom is -0.476 e. The van der Waals surface area contributed by atoms with Crippen LogP contribution in [0.15, 0.2) is 12.1 Å². The van der Waals surface area contributed by atoms with Gasteiger partial charge in [0, 0.05) is 0 Å². The average Bonchev–Trinajstić information content (AvgIpc) is 2.85. The van der Waals surface area contributed by atoms with Crippen molar-refractivity contribution in [2.45, 2.75) is 25.9 Å². The number of carboxylic acid groups (broad SMARTS) is 1. The molecule has 0 aliphatic heterocycles. The van der Waals surface area contributed by atoms with Crippen LogP contribution >= 0.6 is 23.2 Å². The molecule has 1 N–H and O–H groups in total. The normalized spacial score (nSPS) is 11.6. The number of carboxylic acids is 1. The van der Waals surface area contributed by atoms with Gasteiger partial charge in [0.25, 0.3) is 0 Å². The van der Waals surface area contributed by atoms with Crippen LogP contribution < -0.4 is 0 Å². The van der Waals surface area contributed by atoms with Gasteiger partial charge in [-0.1, -0.05) is 36.5 Å². The number of aromatic carboxylic acids is 1. The van der Waals surface area contributed by atoms with Gasteiger partial charge in [-0.3, -0.25) is 10.1 Å². The third-order valence-electron chi connectivity index (χ3n) is 3.36. The maximum Gasteiger partial charge on any atom is 0.416 e. The van der Waals surface area contributed by atoms with Crippen molar-refractivity contribution in [3.63, 3.8) is 0 Å². The molecular formula is C14H10Cl2F3N3O4. The van der Waals surface area contributed by atoms with Crippen LogP contribution in [0.2, 0.25) is 10.0 Å². The number of aromatic nitrogens is 2. The summed E-state index contributed by atoms with van der Waals surface area (Å²) in [5.74, 6) is -1.70. The van der Waals surface area contributed by atoms with Gasteiger partial charge in [-0.05, 0) is 18.6 Å². The summed E-state index contributed by atoms with van der Waals surface area (Å²) in [4.78, 5) is 21.9. The van der Waals surface area contributed by atoms with Crippen molar-refractivity contribution in [1.29, 1.82) is 0 Å². The van der Waals surface area contributed by atoms with Crippen molar-refractivity contribution < 1.29 is 28.0 Å². The lowest BCUT2D eigenvalue weighted by Gasteiger charge is -2.13. The number of nitrogens with zero attached hydrogens (tertiary/aromatic N) is 3. The summed E-state index contributed by atoms with van der Waals surface area (Å²) in [5, 5.41) is 23.4. The van der Waals surface area contributed by atoms with Crippen molar-refractivity contribution >= 4 is 34.9 Å². The van der Waals surface area contributed by atoms with Crippen molar-refractivity contribution in [3.05, 3.63) is 49.2 Å². The summed E-state index contributed by atoms with van der Waals surface area (Å²) >= 11 is 11.7. The highest BCUT2D eigenvalue weighted by molar-refractivity contribution is 6.38. The van der Waals surface area contributed by atoms with Crippen LogP contribution in [-0.2, 0) is 12.6 Å². The second-order valence-corrected chi connectivity index (χ2v) is 5.97. The zero-order valence-electron chi connectivity index (χ0n) is 13.0. The third kappa shape index (κ3) is 3.61. The second kappa shape index (κ2) is 7.12. The Morgan fingerprint density at radius 1 is 1.35 bits per heavy atom. The van der Waals surface area contributed by atoms with Gasteiger partial charge in [-0.15, -0.1) is 0 Å². The van der Waals surface area contributed by atoms with E-state index in [-0.39, 0.29) is 17.8 Å². The monoisotopic (exact) mass is 411 g/mol. The first kappa shape index (κ1) is 20.0. The molecule has 1 aromatic carbocycles. The molecule has 0 amide bonds. The van der Waals surface area contributed by atoms with Crippen LogP contribution in [0.3, 0.4) is 0 Å². The molecule has 0 bridgehead atoms. The zero-order chi connectivity index (χ0) is 19.8. The molecule has 2 aromatic rings. The van der Waals surface area contributed by atoms with E-state index in [4.69, 9.17) is 23.2 Å². The molecule has 1 aromatic heterocycles. The van der Waals surface area contributed by atoms with E-state index in [1.165, 1.54) is 0 Å². The summed E-state index contributed by atoms with van der Waals surface area (Å²) < 4.78 is 39.1. The summed E-state index contributed by atoms with van der Waals surface area (Å²) in [6.45, 7) is 1.70. The predicted octanol–water partition coefficient (Wildman–Crippen LogP) is 4.76. The molecule has 2 rings (SSSR count). The van der Waals surface area contributed by atoms with E-state index in [0.717, 1.165) is 0 Å². The van der Waals surface area contributed by atoms with Crippen molar-refractivity contribution in [1.82, 2.24) is 9.78 Å². The van der Waals surface area contributed by atoms with Gasteiger partial charge >= 0.3 is 17.8 Å². The van der Waals surface area contributed by atoms with Gasteiger partial charge in [0.2, 0.25) is 5.69 Å². The Morgan fingerprint density at radius 2 is 1.88 bits per heavy atom. The molecule has 0 aliphatic carbocycles. The lowest BCUT2D eigenvalue weighted by Crippen LogP contribution is -2.12. The topological polar surface area (TPSA) is 98.3 Å². The number of halogens is 5. The minimum absolute atomic E-state index is 0.0828. The molecule has 140 valence electrons. The Balaban J connectivity index is 2.83. The van der Waals surface area contributed by atoms with Gasteiger partial charge in [-0.25, -0.2) is 9.48 Å². The first-order chi connectivity index (χ1) is 12.0. The van der Waals surface area contributed by atoms with Crippen LogP contribution in [0.5, 0.6) is 0 Å². The SMILES string of the molecule is CCCc1nn(-c2c(Cl)cc(C(F)(F)F)cc2Cl)c(C(=O)O)c1[N+](=O)[O-]. The average molecular weight is 412 g/mol. The summed E-state index contributed by atoms with van der Waals surface area (Å²) in [5.41, 5.74) is -3.27. The van der Waals surface area contributed by atoms with Crippen LogP contribution in [-0.4, -0.2) is 25.8 Å². The minimum atomic E-state index is -4.73. The van der Waals surface area contributed by atoms with Gasteiger partial charge in [0.1, 0.15) is 11.4 Å². The fourth-order valence-electron chi connectivity index (χ4n) is 2.34. The number of rotatable bonds is 5. The van der Waals surface area contributed by atoms with Gasteiger partial charge in [0.15, 0.2) is 0 Å². The second-order valence-electron chi connectivity index (χ2n) is 5.15. The highest BCUT2D eigenvalue weighted by atomic mass is 35.5. The third-order valence-corrected chi connectivity index (χ3v) is 3.93. The van der Waals surface area contributed by atoms with Crippen molar-refractivity contribution in [2.24, 2.45) is 0 Å². The molecule has 12 heteroatoms. The molecule has 0 saturated heterocycles. The quantitative estimate of drug-likeness (QED) is 0.564. The van der Waals surface area contributed by atoms with Gasteiger partial charge in [-0.2, -0.15) is 18.3 Å². The summed E-state index contributed by atoms with van der Waals surface area (Å²) in [7, 11) is 0. The molecule has 26 heavy (non-hydrogen) atoms. The van der Waals surface area contributed by atoms with Gasteiger partial charge in [0.05, 0.1) is 20.5 Å². The molecule has 0 saturated carbocycles. The van der Waals surface area contributed by atoms with Crippen molar-refractivity contribution in [2.75, 3.05) is 0 Å². The van der Waals surface area contributed by atoms with Crippen LogP contribution in [0.25, 0.3) is 5.69 Å². The summed E-state index contributed by atoms with van der Waals surface area (Å²) in [6, 6.07) is 1.09. The number of aryl methyl sites for hydroxylation is 1. The molecule has 0 radical (unpaired) electrons. The first-order valence-electron chi connectivity index (χ1n) is 7.05. The number of nitro groups is 1. The predicted molar refractivity (Wildman–Crippen MR) is 86.2 cm³/mol. The van der Waals surface area contributed by atoms with E-state index >= 15 is 0 Å². The fourth-order valence-corrected chi connectivity index (χ4v) is 2.98. The number of benzene rings is 1. The van der Waals surface area contributed by atoms with E-state index in [9.17, 15) is 33.2 Å². The van der Waals surface area contributed by atoms with Crippen molar-refractivity contribution in [3.8, 4) is 5.69 Å². The number of hydrogen-bond donors (Lipinski definition) is 1. The van der Waals surface area contributed by atoms with Crippen LogP contribution in [0.4, 0.5) is 18.9 Å². The lowest BCUT2D eigenvalue weighted by atomic mass is 10.2. The molecule has 0 spiro atoms. The van der Waals surface area contributed by atoms with E-state index in [1.807, 2.05) is 0 Å². The molecule has 0 atom stereocenters. The summed E-state index contributed by atoms with van der Waals surface area (Å²) in [6.07, 6.45) is -4.23. The molecule has 0 fully saturated rings. The number of carbonyl (C=O) groups is 1. The molecule has 0 unspecified atom stereocenters. The largest absolute Gasteiger partial charge is 0.476 e. The molecule has 7 nitrogen and oxygen atoms in total. The zero-order valence-corrected chi connectivity index (χ0v) is 14.5. The van der Waals surface area contributed by atoms with Gasteiger partial charge < -0.3 is 5.11 Å². The highest BCUT2D eigenvalue weighted by Gasteiger charge is 2.36. The van der Waals surface area contributed by atoms with Crippen LogP contribution in [0.1, 0.15) is 35.1 Å². The van der Waals surface area contributed by atoms with E-state index < -0.39 is 44.1 Å². The van der Waals surface area contributed by atoms with E-state index in [2.05, 4.69) is 5.10 Å². The first-order valence-corrected chi connectivity index (χ1v) is 7.80. The molecule has 1 heterocycles. The molecular weight excluding hydrogens is 402 g/mol. The Labute approximate surface area is 154 Å². The Hall–Kier alpha value is -2.33. The van der Waals surface area contributed by atoms with Crippen LogP contribution in [0, 0.1) is 10.1 Å². The van der Waals surface area contributed by atoms with E-state index in [1.54, 1.807) is 6.92 Å². The fraction of sp³-hybridized carbons (Fsp3) is 0.286. The molecule has 0 aliphatic rings. The van der Waals surface area contributed by atoms with E-state index in [0.29, 0.717) is 23.2 Å². The smallest absolute Gasteiger partial charge is 0.416 e. The number of hydrogen-bond acceptors (Lipinski definition) is 4. The Morgan fingerprint density at radius 3 is 2.27 bits per heavy atom. The lowest BCUT2D eigenvalue weighted by molar-refractivity contribution is -0.385. The maximum absolute atomic E-state index is 12.8. The standard InChI is InChI=1S/C14H10Cl2F3N3O4/c1-2-3-9-11(22(25)26)12(13(23)24)21(20-9)10-7(15)4-6(5-8(10)16)14(17,18)19/h4-5H,2-3H2,1H3,(H,23,24). The Bertz CT molecular complexity index is 873.